The van der Waals surface area contributed by atoms with Crippen LogP contribution in [0, 0.1) is 18.3 Å². The number of anilines is 1. The molecule has 3 nitrogen and oxygen atoms in total. The van der Waals surface area contributed by atoms with Gasteiger partial charge in [0, 0.05) is 5.56 Å². The van der Waals surface area contributed by atoms with E-state index in [-0.39, 0.29) is 0 Å². The average molecular weight is 215 g/mol. The van der Waals surface area contributed by atoms with Crippen molar-refractivity contribution < 1.29 is 0 Å². The molecule has 4 heteroatoms. The zero-order valence-corrected chi connectivity index (χ0v) is 9.01. The van der Waals surface area contributed by atoms with Crippen LogP contribution < -0.4 is 5.73 Å². The van der Waals surface area contributed by atoms with Crippen LogP contribution in [0.4, 0.5) is 5.00 Å². The molecule has 0 aliphatic carbocycles. The molecule has 0 spiro atoms. The lowest BCUT2D eigenvalue weighted by Gasteiger charge is -1.98. The first-order chi connectivity index (χ1) is 7.22. The summed E-state index contributed by atoms with van der Waals surface area (Å²) in [5, 5.41) is 9.42. The summed E-state index contributed by atoms with van der Waals surface area (Å²) in [6.45, 7) is 2.02. The highest BCUT2D eigenvalue weighted by Gasteiger charge is 2.12. The van der Waals surface area contributed by atoms with Crippen molar-refractivity contribution in [3.05, 3.63) is 35.4 Å². The summed E-state index contributed by atoms with van der Waals surface area (Å²) in [7, 11) is 0. The summed E-state index contributed by atoms with van der Waals surface area (Å²) >= 11 is 1.16. The molecule has 0 saturated heterocycles. The van der Waals surface area contributed by atoms with Crippen LogP contribution in [0.25, 0.3) is 11.3 Å². The lowest BCUT2D eigenvalue weighted by atomic mass is 10.1. The molecule has 1 aromatic heterocycles. The second-order valence-electron chi connectivity index (χ2n) is 3.25. The van der Waals surface area contributed by atoms with Gasteiger partial charge in [-0.1, -0.05) is 29.8 Å². The second kappa shape index (κ2) is 3.71. The fourth-order valence-electron chi connectivity index (χ4n) is 1.32. The highest BCUT2D eigenvalue weighted by molar-refractivity contribution is 7.10. The van der Waals surface area contributed by atoms with E-state index in [1.807, 2.05) is 31.2 Å². The number of benzene rings is 1. The molecule has 2 N–H and O–H groups in total. The molecule has 0 atom stereocenters. The van der Waals surface area contributed by atoms with Crippen LogP contribution in [0.2, 0.25) is 0 Å². The maximum atomic E-state index is 8.94. The van der Waals surface area contributed by atoms with Crippen LogP contribution in [-0.4, -0.2) is 4.37 Å². The molecular formula is C11H9N3S. The predicted octanol–water partition coefficient (Wildman–Crippen LogP) is 2.57. The Labute approximate surface area is 92.0 Å². The highest BCUT2D eigenvalue weighted by Crippen LogP contribution is 2.29. The number of aryl methyl sites for hydroxylation is 1. The van der Waals surface area contributed by atoms with Gasteiger partial charge in [0.1, 0.15) is 22.3 Å². The number of nitriles is 1. The summed E-state index contributed by atoms with van der Waals surface area (Å²) in [5.41, 5.74) is 8.93. The Kier molecular flexibility index (Phi) is 2.40. The lowest BCUT2D eigenvalue weighted by molar-refractivity contribution is 1.43. The van der Waals surface area contributed by atoms with Gasteiger partial charge in [0.25, 0.3) is 0 Å². The van der Waals surface area contributed by atoms with E-state index in [9.17, 15) is 0 Å². The minimum Gasteiger partial charge on any atom is -0.388 e. The van der Waals surface area contributed by atoms with Crippen LogP contribution in [-0.2, 0) is 0 Å². The number of nitrogens with two attached hydrogens (primary N) is 1. The zero-order chi connectivity index (χ0) is 10.8. The van der Waals surface area contributed by atoms with E-state index in [2.05, 4.69) is 10.4 Å². The predicted molar refractivity (Wildman–Crippen MR) is 61.4 cm³/mol. The van der Waals surface area contributed by atoms with Gasteiger partial charge in [0.2, 0.25) is 0 Å². The second-order valence-corrected chi connectivity index (χ2v) is 4.05. The molecular weight excluding hydrogens is 206 g/mol. The molecule has 2 aromatic rings. The van der Waals surface area contributed by atoms with Crippen molar-refractivity contribution in [2.75, 3.05) is 5.73 Å². The van der Waals surface area contributed by atoms with Gasteiger partial charge in [-0.2, -0.15) is 9.64 Å². The molecule has 0 fully saturated rings. The van der Waals surface area contributed by atoms with Crippen molar-refractivity contribution in [2.45, 2.75) is 6.92 Å². The first-order valence-electron chi connectivity index (χ1n) is 4.44. The molecule has 15 heavy (non-hydrogen) atoms. The Hall–Kier alpha value is -1.86. The summed E-state index contributed by atoms with van der Waals surface area (Å²) in [6, 6.07) is 9.96. The largest absolute Gasteiger partial charge is 0.388 e. The monoisotopic (exact) mass is 215 g/mol. The third kappa shape index (κ3) is 1.69. The summed E-state index contributed by atoms with van der Waals surface area (Å²) in [4.78, 5) is 0. The summed E-state index contributed by atoms with van der Waals surface area (Å²) < 4.78 is 4.18. The van der Waals surface area contributed by atoms with Crippen molar-refractivity contribution in [1.82, 2.24) is 4.37 Å². The van der Waals surface area contributed by atoms with Crippen LogP contribution in [0.15, 0.2) is 24.3 Å². The number of rotatable bonds is 1. The van der Waals surface area contributed by atoms with E-state index in [1.54, 1.807) is 0 Å². The topological polar surface area (TPSA) is 62.7 Å². The molecule has 0 aliphatic rings. The van der Waals surface area contributed by atoms with Crippen molar-refractivity contribution in [3.8, 4) is 17.3 Å². The SMILES string of the molecule is Cc1ccc(-c2nsc(N)c2C#N)cc1. The van der Waals surface area contributed by atoms with Crippen LogP contribution in [0.1, 0.15) is 11.1 Å². The van der Waals surface area contributed by atoms with Gasteiger partial charge in [0.15, 0.2) is 0 Å². The van der Waals surface area contributed by atoms with Crippen LogP contribution in [0.5, 0.6) is 0 Å². The lowest BCUT2D eigenvalue weighted by Crippen LogP contribution is -1.86. The van der Waals surface area contributed by atoms with E-state index >= 15 is 0 Å². The van der Waals surface area contributed by atoms with Crippen molar-refractivity contribution in [1.29, 1.82) is 5.26 Å². The van der Waals surface area contributed by atoms with Crippen molar-refractivity contribution in [2.24, 2.45) is 0 Å². The Bertz CT molecular complexity index is 520. The molecule has 0 unspecified atom stereocenters. The Balaban J connectivity index is 2.55. The van der Waals surface area contributed by atoms with Gasteiger partial charge in [-0.15, -0.1) is 0 Å². The first-order valence-corrected chi connectivity index (χ1v) is 5.22. The average Bonchev–Trinajstić information content (AvgIpc) is 2.61. The van der Waals surface area contributed by atoms with E-state index in [1.165, 1.54) is 5.56 Å². The number of hydrogen-bond acceptors (Lipinski definition) is 4. The fraction of sp³-hybridized carbons (Fsp3) is 0.0909. The van der Waals surface area contributed by atoms with E-state index in [0.717, 1.165) is 17.1 Å². The molecule has 0 amide bonds. The van der Waals surface area contributed by atoms with Gasteiger partial charge in [-0.3, -0.25) is 0 Å². The molecule has 2 rings (SSSR count). The molecule has 1 aromatic carbocycles. The minimum atomic E-state index is 0.476. The quantitative estimate of drug-likeness (QED) is 0.795. The van der Waals surface area contributed by atoms with Crippen molar-refractivity contribution >= 4 is 16.5 Å². The maximum Gasteiger partial charge on any atom is 0.125 e. The third-order valence-electron chi connectivity index (χ3n) is 2.16. The van der Waals surface area contributed by atoms with Crippen molar-refractivity contribution in [3.63, 3.8) is 0 Å². The van der Waals surface area contributed by atoms with Crippen LogP contribution >= 0.6 is 11.5 Å². The Morgan fingerprint density at radius 2 is 2.00 bits per heavy atom. The zero-order valence-electron chi connectivity index (χ0n) is 8.19. The molecule has 0 aliphatic heterocycles. The number of hydrogen-bond donors (Lipinski definition) is 1. The van der Waals surface area contributed by atoms with Gasteiger partial charge in [0.05, 0.1) is 0 Å². The van der Waals surface area contributed by atoms with E-state index in [4.69, 9.17) is 11.0 Å². The minimum absolute atomic E-state index is 0.476. The van der Waals surface area contributed by atoms with Gasteiger partial charge in [-0.25, -0.2) is 0 Å². The smallest absolute Gasteiger partial charge is 0.125 e. The normalized spacial score (nSPS) is 9.87. The van der Waals surface area contributed by atoms with Gasteiger partial charge in [-0.05, 0) is 18.5 Å². The van der Waals surface area contributed by atoms with Gasteiger partial charge < -0.3 is 5.73 Å². The summed E-state index contributed by atoms with van der Waals surface area (Å²) in [5.74, 6) is 0. The summed E-state index contributed by atoms with van der Waals surface area (Å²) in [6.07, 6.45) is 0. The highest BCUT2D eigenvalue weighted by atomic mass is 32.1. The molecule has 0 bridgehead atoms. The molecule has 1 heterocycles. The Morgan fingerprint density at radius 1 is 1.33 bits per heavy atom. The third-order valence-corrected chi connectivity index (χ3v) is 2.83. The van der Waals surface area contributed by atoms with Crippen LogP contribution in [0.3, 0.4) is 0 Å². The Morgan fingerprint density at radius 3 is 2.60 bits per heavy atom. The van der Waals surface area contributed by atoms with E-state index < -0.39 is 0 Å². The fourth-order valence-corrected chi connectivity index (χ4v) is 1.94. The molecule has 0 saturated carbocycles. The maximum absolute atomic E-state index is 8.94. The number of nitrogens with zero attached hydrogens (tertiary/aromatic N) is 2. The number of nitrogen functional groups attached to an aromatic ring is 1. The standard InChI is InChI=1S/C11H9N3S/c1-7-2-4-8(5-3-7)10-9(6-12)11(13)15-14-10/h2-5H,13H2,1H3. The molecule has 74 valence electrons. The first kappa shape index (κ1) is 9.69. The molecule has 0 radical (unpaired) electrons. The van der Waals surface area contributed by atoms with Gasteiger partial charge >= 0.3 is 0 Å². The number of aromatic nitrogens is 1. The van der Waals surface area contributed by atoms with E-state index in [0.29, 0.717) is 16.3 Å².